The molecule has 0 saturated heterocycles. The number of hydrogen-bond donors (Lipinski definition) is 2. The van der Waals surface area contributed by atoms with E-state index in [1.165, 1.54) is 10.8 Å². The highest BCUT2D eigenvalue weighted by Crippen LogP contribution is 2.22. The first kappa shape index (κ1) is 11.6. The molecule has 0 saturated carbocycles. The highest BCUT2D eigenvalue weighted by Gasteiger charge is 2.20. The Hall–Kier alpha value is -1.83. The van der Waals surface area contributed by atoms with Gasteiger partial charge in [0, 0.05) is 18.8 Å². The molecule has 1 unspecified atom stereocenters. The number of rotatable bonds is 4. The minimum atomic E-state index is -0.461. The number of imidazole rings is 2. The van der Waals surface area contributed by atoms with E-state index in [0.717, 1.165) is 5.82 Å². The summed E-state index contributed by atoms with van der Waals surface area (Å²) in [4.78, 5) is 21.2. The Morgan fingerprint density at radius 2 is 2.41 bits per heavy atom. The van der Waals surface area contributed by atoms with Crippen LogP contribution in [0.4, 0.5) is 5.82 Å². The quantitative estimate of drug-likeness (QED) is 0.487. The highest BCUT2D eigenvalue weighted by molar-refractivity contribution is 7.80. The van der Waals surface area contributed by atoms with Crippen molar-refractivity contribution in [3.8, 4) is 0 Å². The summed E-state index contributed by atoms with van der Waals surface area (Å²) in [6.45, 7) is 0. The number of aromatic amines is 1. The van der Waals surface area contributed by atoms with Gasteiger partial charge in [-0.1, -0.05) is 0 Å². The van der Waals surface area contributed by atoms with Crippen LogP contribution in [0.3, 0.4) is 0 Å². The molecule has 0 aliphatic carbocycles. The predicted octanol–water partition coefficient (Wildman–Crippen LogP) is 1.26. The molecule has 1 N–H and O–H groups in total. The Morgan fingerprint density at radius 3 is 2.94 bits per heavy atom. The summed E-state index contributed by atoms with van der Waals surface area (Å²) in [5.74, 6) is 1.30. The third-order valence-electron chi connectivity index (χ3n) is 2.46. The molecule has 0 radical (unpaired) electrons. The second-order valence-electron chi connectivity index (χ2n) is 3.54. The van der Waals surface area contributed by atoms with Crippen LogP contribution in [0.15, 0.2) is 18.6 Å². The Balaban J connectivity index is 2.17. The van der Waals surface area contributed by atoms with Crippen LogP contribution >= 0.6 is 12.6 Å². The van der Waals surface area contributed by atoms with Gasteiger partial charge in [-0.3, -0.25) is 0 Å². The second kappa shape index (κ2) is 4.58. The molecule has 8 heteroatoms. The van der Waals surface area contributed by atoms with E-state index in [2.05, 4.69) is 27.6 Å². The lowest BCUT2D eigenvalue weighted by molar-refractivity contribution is -0.391. The fraction of sp³-hybridized carbons (Fsp3) is 0.333. The molecule has 0 amide bonds. The Kier molecular flexibility index (Phi) is 3.14. The molecule has 2 aromatic rings. The second-order valence-corrected chi connectivity index (χ2v) is 4.17. The van der Waals surface area contributed by atoms with E-state index in [1.807, 2.05) is 0 Å². The maximum absolute atomic E-state index is 10.7. The first-order chi connectivity index (χ1) is 8.09. The predicted molar refractivity (Wildman–Crippen MR) is 63.9 cm³/mol. The smallest absolute Gasteiger partial charge is 0.342 e. The number of H-pyrrole nitrogens is 1. The first-order valence-electron chi connectivity index (χ1n) is 4.92. The van der Waals surface area contributed by atoms with E-state index in [0.29, 0.717) is 12.2 Å². The van der Waals surface area contributed by atoms with Crippen LogP contribution in [-0.2, 0) is 13.5 Å². The van der Waals surface area contributed by atoms with Gasteiger partial charge in [-0.2, -0.15) is 12.6 Å². The molecule has 90 valence electrons. The van der Waals surface area contributed by atoms with Gasteiger partial charge in [0.15, 0.2) is 5.82 Å². The van der Waals surface area contributed by atoms with Gasteiger partial charge >= 0.3 is 5.82 Å². The summed E-state index contributed by atoms with van der Waals surface area (Å²) < 4.78 is 1.45. The van der Waals surface area contributed by atoms with Crippen LogP contribution in [0.2, 0.25) is 0 Å². The summed E-state index contributed by atoms with van der Waals surface area (Å²) >= 11 is 4.39. The molecule has 2 aromatic heterocycles. The zero-order valence-corrected chi connectivity index (χ0v) is 9.96. The number of nitrogens with zero attached hydrogens (tertiary/aromatic N) is 4. The topological polar surface area (TPSA) is 89.6 Å². The molecule has 2 heterocycles. The number of aromatic nitrogens is 4. The molecule has 0 aliphatic rings. The van der Waals surface area contributed by atoms with Crippen molar-refractivity contribution in [1.29, 1.82) is 0 Å². The van der Waals surface area contributed by atoms with Crippen molar-refractivity contribution in [1.82, 2.24) is 19.5 Å². The minimum Gasteiger partial charge on any atom is -0.358 e. The number of thiol groups is 1. The van der Waals surface area contributed by atoms with Gasteiger partial charge in [0.25, 0.3) is 0 Å². The van der Waals surface area contributed by atoms with Crippen LogP contribution in [-0.4, -0.2) is 24.4 Å². The monoisotopic (exact) mass is 253 g/mol. The van der Waals surface area contributed by atoms with Gasteiger partial charge < -0.3 is 15.1 Å². The molecule has 0 aliphatic heterocycles. The lowest BCUT2D eigenvalue weighted by Crippen LogP contribution is -2.06. The third kappa shape index (κ3) is 2.31. The maximum Gasteiger partial charge on any atom is 0.342 e. The SMILES string of the molecule is Cn1c([N+](=O)[O-])cnc1CC(S)c1ncc[nH]1. The van der Waals surface area contributed by atoms with E-state index in [1.54, 1.807) is 19.4 Å². The van der Waals surface area contributed by atoms with Crippen molar-refractivity contribution in [2.45, 2.75) is 11.7 Å². The van der Waals surface area contributed by atoms with Gasteiger partial charge in [0.1, 0.15) is 12.0 Å². The average molecular weight is 253 g/mol. The Labute approximate surface area is 102 Å². The molecule has 0 fully saturated rings. The molecule has 2 rings (SSSR count). The molecule has 7 nitrogen and oxygen atoms in total. The lowest BCUT2D eigenvalue weighted by atomic mass is 10.3. The average Bonchev–Trinajstić information content (AvgIpc) is 2.89. The van der Waals surface area contributed by atoms with E-state index in [9.17, 15) is 10.1 Å². The molecule has 0 bridgehead atoms. The maximum atomic E-state index is 10.7. The zero-order chi connectivity index (χ0) is 12.4. The Morgan fingerprint density at radius 1 is 1.65 bits per heavy atom. The van der Waals surface area contributed by atoms with Crippen molar-refractivity contribution >= 4 is 18.4 Å². The summed E-state index contributed by atoms with van der Waals surface area (Å²) in [5, 5.41) is 10.5. The highest BCUT2D eigenvalue weighted by atomic mass is 32.1. The van der Waals surface area contributed by atoms with Crippen LogP contribution in [0.1, 0.15) is 16.9 Å². The standard InChI is InChI=1S/C9H11N5O2S/c1-13-7(12-5-8(13)14(15)16)4-6(17)9-10-2-3-11-9/h2-3,5-6,17H,4H2,1H3,(H,10,11). The van der Waals surface area contributed by atoms with Gasteiger partial charge in [0.05, 0.1) is 12.3 Å². The van der Waals surface area contributed by atoms with Gasteiger partial charge in [-0.15, -0.1) is 0 Å². The molecular formula is C9H11N5O2S. The van der Waals surface area contributed by atoms with E-state index in [-0.39, 0.29) is 11.1 Å². The first-order valence-corrected chi connectivity index (χ1v) is 5.43. The van der Waals surface area contributed by atoms with Crippen molar-refractivity contribution in [3.05, 3.63) is 40.4 Å². The van der Waals surface area contributed by atoms with E-state index < -0.39 is 4.92 Å². The lowest BCUT2D eigenvalue weighted by Gasteiger charge is -2.05. The van der Waals surface area contributed by atoms with Crippen molar-refractivity contribution in [2.75, 3.05) is 0 Å². The summed E-state index contributed by atoms with van der Waals surface area (Å²) in [6.07, 6.45) is 5.07. The van der Waals surface area contributed by atoms with Crippen LogP contribution in [0.5, 0.6) is 0 Å². The summed E-state index contributed by atoms with van der Waals surface area (Å²) in [7, 11) is 1.61. The van der Waals surface area contributed by atoms with Crippen LogP contribution in [0, 0.1) is 10.1 Å². The molecule has 1 atom stereocenters. The number of nitro groups is 1. The molecule has 0 spiro atoms. The fourth-order valence-corrected chi connectivity index (χ4v) is 1.83. The van der Waals surface area contributed by atoms with Gasteiger partial charge in [0.2, 0.25) is 0 Å². The fourth-order valence-electron chi connectivity index (χ4n) is 1.53. The molecule has 17 heavy (non-hydrogen) atoms. The van der Waals surface area contributed by atoms with Crippen LogP contribution in [0.25, 0.3) is 0 Å². The molecular weight excluding hydrogens is 242 g/mol. The number of hydrogen-bond acceptors (Lipinski definition) is 5. The van der Waals surface area contributed by atoms with Crippen molar-refractivity contribution in [2.24, 2.45) is 7.05 Å². The van der Waals surface area contributed by atoms with E-state index >= 15 is 0 Å². The number of nitrogens with one attached hydrogen (secondary N) is 1. The molecule has 0 aromatic carbocycles. The van der Waals surface area contributed by atoms with Crippen molar-refractivity contribution < 1.29 is 4.92 Å². The largest absolute Gasteiger partial charge is 0.358 e. The summed E-state index contributed by atoms with van der Waals surface area (Å²) in [6, 6.07) is 0. The van der Waals surface area contributed by atoms with Crippen molar-refractivity contribution in [3.63, 3.8) is 0 Å². The zero-order valence-electron chi connectivity index (χ0n) is 9.07. The third-order valence-corrected chi connectivity index (χ3v) is 2.88. The Bertz CT molecular complexity index is 521. The van der Waals surface area contributed by atoms with Crippen LogP contribution < -0.4 is 0 Å². The minimum absolute atomic E-state index is 0.0278. The van der Waals surface area contributed by atoms with Gasteiger partial charge in [-0.25, -0.2) is 14.5 Å². The van der Waals surface area contributed by atoms with E-state index in [4.69, 9.17) is 0 Å². The summed E-state index contributed by atoms with van der Waals surface area (Å²) in [5.41, 5.74) is 0. The van der Waals surface area contributed by atoms with Gasteiger partial charge in [-0.05, 0) is 4.92 Å². The normalized spacial score (nSPS) is 12.6.